The van der Waals surface area contributed by atoms with Gasteiger partial charge < -0.3 is 5.32 Å². The Bertz CT molecular complexity index is 799. The van der Waals surface area contributed by atoms with E-state index in [2.05, 4.69) is 5.32 Å². The predicted octanol–water partition coefficient (Wildman–Crippen LogP) is 4.04. The lowest BCUT2D eigenvalue weighted by atomic mass is 10.1. The Hall–Kier alpha value is -1.87. The second kappa shape index (κ2) is 5.19. The van der Waals surface area contributed by atoms with Gasteiger partial charge >= 0.3 is 0 Å². The van der Waals surface area contributed by atoms with Crippen LogP contribution in [0.3, 0.4) is 0 Å². The molecule has 92 valence electrons. The maximum absolute atomic E-state index is 13.5. The van der Waals surface area contributed by atoms with Crippen LogP contribution in [0, 0.1) is 12.7 Å². The lowest BCUT2D eigenvalue weighted by molar-refractivity contribution is 0.102. The molecule has 0 saturated carbocycles. The van der Waals surface area contributed by atoms with Crippen LogP contribution in [0.15, 0.2) is 42.3 Å². The summed E-state index contributed by atoms with van der Waals surface area (Å²) >= 11 is 5.79. The molecule has 0 heterocycles. The smallest absolute Gasteiger partial charge is 0.257 e. The molecule has 0 aliphatic heterocycles. The van der Waals surface area contributed by atoms with Gasteiger partial charge in [0.1, 0.15) is 5.82 Å². The monoisotopic (exact) mass is 268 g/mol. The quantitative estimate of drug-likeness (QED) is 0.875. The second-order valence-electron chi connectivity index (χ2n) is 3.51. The summed E-state index contributed by atoms with van der Waals surface area (Å²) in [7, 11) is 0. The number of amides is 1. The standard InChI is InChI=1S/C14H11ClFNO/c1-9-7-8-11(16)13(15)12(9)14(18)17-10-5-3-2-4-6-10/h2-8H,1H3,(H,17,18)/i2D,3D,4D,5D,6D. The molecule has 0 unspecified atom stereocenters. The molecule has 2 aromatic carbocycles. The van der Waals surface area contributed by atoms with Gasteiger partial charge in [0.25, 0.3) is 5.91 Å². The van der Waals surface area contributed by atoms with E-state index < -0.39 is 47.0 Å². The number of hydrogen-bond acceptors (Lipinski definition) is 1. The third-order valence-electron chi connectivity index (χ3n) is 2.27. The van der Waals surface area contributed by atoms with Crippen molar-refractivity contribution in [3.8, 4) is 0 Å². The lowest BCUT2D eigenvalue weighted by Crippen LogP contribution is -2.14. The SMILES string of the molecule is [2H]c1c([2H])c([2H])c(NC(=O)c2c(C)ccc(F)c2Cl)c([2H])c1[2H]. The molecule has 0 saturated heterocycles. The zero-order valence-electron chi connectivity index (χ0n) is 14.3. The number of anilines is 1. The van der Waals surface area contributed by atoms with Gasteiger partial charge in [-0.3, -0.25) is 4.79 Å². The highest BCUT2D eigenvalue weighted by atomic mass is 35.5. The third-order valence-corrected chi connectivity index (χ3v) is 2.64. The molecule has 0 aliphatic carbocycles. The Balaban J connectivity index is 2.53. The van der Waals surface area contributed by atoms with Crippen LogP contribution in [-0.2, 0) is 0 Å². The fourth-order valence-electron chi connectivity index (χ4n) is 1.41. The van der Waals surface area contributed by atoms with Crippen LogP contribution < -0.4 is 5.32 Å². The number of hydrogen-bond donors (Lipinski definition) is 1. The van der Waals surface area contributed by atoms with Crippen LogP contribution in [0.2, 0.25) is 5.02 Å². The predicted molar refractivity (Wildman–Crippen MR) is 70.5 cm³/mol. The third kappa shape index (κ3) is 2.51. The van der Waals surface area contributed by atoms with Crippen molar-refractivity contribution in [2.24, 2.45) is 0 Å². The molecule has 2 aromatic rings. The summed E-state index contributed by atoms with van der Waals surface area (Å²) < 4.78 is 51.6. The van der Waals surface area contributed by atoms with Crippen molar-refractivity contribution in [1.29, 1.82) is 0 Å². The number of nitrogens with one attached hydrogen (secondary N) is 1. The first-order valence-electron chi connectivity index (χ1n) is 7.49. The fourth-order valence-corrected chi connectivity index (χ4v) is 1.71. The summed E-state index contributed by atoms with van der Waals surface area (Å²) in [6.45, 7) is 1.54. The van der Waals surface area contributed by atoms with Crippen LogP contribution in [0.25, 0.3) is 0 Å². The Labute approximate surface area is 116 Å². The lowest BCUT2D eigenvalue weighted by Gasteiger charge is -2.09. The summed E-state index contributed by atoms with van der Waals surface area (Å²) in [4.78, 5) is 12.3. The molecule has 1 N–H and O–H groups in total. The second-order valence-corrected chi connectivity index (χ2v) is 3.89. The molecule has 1 amide bonds. The maximum atomic E-state index is 13.5. The molecule has 0 spiro atoms. The van der Waals surface area contributed by atoms with Gasteiger partial charge in [-0.2, -0.15) is 0 Å². The molecule has 0 fully saturated rings. The summed E-state index contributed by atoms with van der Waals surface area (Å²) in [5, 5.41) is 1.83. The molecule has 4 heteroatoms. The van der Waals surface area contributed by atoms with Crippen molar-refractivity contribution in [3.63, 3.8) is 0 Å². The van der Waals surface area contributed by atoms with E-state index in [1.807, 2.05) is 0 Å². The van der Waals surface area contributed by atoms with E-state index in [4.69, 9.17) is 18.5 Å². The minimum atomic E-state index is -0.856. The van der Waals surface area contributed by atoms with Gasteiger partial charge in [0.2, 0.25) is 0 Å². The summed E-state index contributed by atoms with van der Waals surface area (Å²) in [5.74, 6) is -1.64. The molecule has 0 atom stereocenters. The number of benzene rings is 2. The highest BCUT2D eigenvalue weighted by molar-refractivity contribution is 6.34. The molecule has 0 aliphatic rings. The first-order chi connectivity index (χ1) is 10.7. The van der Waals surface area contributed by atoms with Gasteiger partial charge in [0.05, 0.1) is 17.4 Å². The Morgan fingerprint density at radius 3 is 2.67 bits per heavy atom. The van der Waals surface area contributed by atoms with Crippen molar-refractivity contribution in [2.75, 3.05) is 5.32 Å². The zero-order chi connectivity index (χ0) is 17.5. The highest BCUT2D eigenvalue weighted by Crippen LogP contribution is 2.24. The van der Waals surface area contributed by atoms with Crippen LogP contribution in [0.5, 0.6) is 0 Å². The van der Waals surface area contributed by atoms with Crippen LogP contribution in [0.1, 0.15) is 22.8 Å². The van der Waals surface area contributed by atoms with Crippen LogP contribution >= 0.6 is 11.6 Å². The number of halogens is 2. The number of para-hydroxylation sites is 1. The van der Waals surface area contributed by atoms with E-state index in [9.17, 15) is 9.18 Å². The largest absolute Gasteiger partial charge is 0.322 e. The van der Waals surface area contributed by atoms with Crippen LogP contribution in [-0.4, -0.2) is 5.91 Å². The molecule has 0 radical (unpaired) electrons. The van der Waals surface area contributed by atoms with Crippen molar-refractivity contribution in [2.45, 2.75) is 6.92 Å². The van der Waals surface area contributed by atoms with E-state index in [0.717, 1.165) is 6.07 Å². The van der Waals surface area contributed by atoms with E-state index in [-0.39, 0.29) is 11.3 Å². The Kier molecular flexibility index (Phi) is 2.17. The first kappa shape index (κ1) is 7.54. The molecule has 0 aromatic heterocycles. The van der Waals surface area contributed by atoms with E-state index in [1.165, 1.54) is 6.07 Å². The van der Waals surface area contributed by atoms with Crippen molar-refractivity contribution >= 4 is 23.2 Å². The Morgan fingerprint density at radius 1 is 1.33 bits per heavy atom. The van der Waals surface area contributed by atoms with Crippen molar-refractivity contribution < 1.29 is 16.0 Å². The zero-order valence-corrected chi connectivity index (χ0v) is 10.1. The molecule has 2 rings (SSSR count). The molecule has 2 nitrogen and oxygen atoms in total. The summed E-state index contributed by atoms with van der Waals surface area (Å²) in [6, 6.07) is -0.384. The molecule has 18 heavy (non-hydrogen) atoms. The van der Waals surface area contributed by atoms with Gasteiger partial charge in [-0.1, -0.05) is 35.8 Å². The minimum Gasteiger partial charge on any atom is -0.322 e. The van der Waals surface area contributed by atoms with Gasteiger partial charge in [0.15, 0.2) is 0 Å². The molecular formula is C14H11ClFNO. The van der Waals surface area contributed by atoms with Gasteiger partial charge in [-0.15, -0.1) is 0 Å². The van der Waals surface area contributed by atoms with Gasteiger partial charge in [-0.05, 0) is 30.6 Å². The minimum absolute atomic E-state index is 0.154. The number of carbonyl (C=O) groups is 1. The number of aryl methyl sites for hydroxylation is 1. The van der Waals surface area contributed by atoms with Gasteiger partial charge in [0, 0.05) is 5.69 Å². The van der Waals surface area contributed by atoms with E-state index >= 15 is 0 Å². The topological polar surface area (TPSA) is 29.1 Å². The van der Waals surface area contributed by atoms with Gasteiger partial charge in [-0.25, -0.2) is 4.39 Å². The first-order valence-corrected chi connectivity index (χ1v) is 5.37. The van der Waals surface area contributed by atoms with Crippen LogP contribution in [0.4, 0.5) is 10.1 Å². The van der Waals surface area contributed by atoms with Crippen molar-refractivity contribution in [1.82, 2.24) is 0 Å². The summed E-state index contributed by atoms with van der Waals surface area (Å²) in [6.07, 6.45) is 0. The molecular weight excluding hydrogens is 253 g/mol. The normalized spacial score (nSPS) is 14.1. The number of rotatable bonds is 2. The Morgan fingerprint density at radius 2 is 2.00 bits per heavy atom. The average molecular weight is 269 g/mol. The highest BCUT2D eigenvalue weighted by Gasteiger charge is 2.16. The molecule has 0 bridgehead atoms. The average Bonchev–Trinajstić information content (AvgIpc) is 2.51. The summed E-state index contributed by atoms with van der Waals surface area (Å²) in [5.41, 5.74) is -0.152. The van der Waals surface area contributed by atoms with Crippen molar-refractivity contribution in [3.05, 3.63) is 64.3 Å². The fraction of sp³-hybridized carbons (Fsp3) is 0.0714. The van der Waals surface area contributed by atoms with E-state index in [1.54, 1.807) is 6.92 Å². The maximum Gasteiger partial charge on any atom is 0.257 e. The number of carbonyl (C=O) groups excluding carboxylic acids is 1. The van der Waals surface area contributed by atoms with E-state index in [0.29, 0.717) is 5.56 Å².